The molecule has 4 unspecified atom stereocenters. The highest BCUT2D eigenvalue weighted by Gasteiger charge is 2.69. The van der Waals surface area contributed by atoms with E-state index in [1.54, 1.807) is 0 Å². The first-order valence-corrected chi connectivity index (χ1v) is 13.6. The molecular weight excluding hydrogens is 544 g/mol. The number of fused-ring (bicyclic) bond motifs is 3. The summed E-state index contributed by atoms with van der Waals surface area (Å²) in [5, 5.41) is 28.3. The van der Waals surface area contributed by atoms with Gasteiger partial charge in [0.1, 0.15) is 5.69 Å². The second-order valence-electron chi connectivity index (χ2n) is 11.5. The molecule has 0 spiro atoms. The first-order valence-electron chi connectivity index (χ1n) is 13.2. The van der Waals surface area contributed by atoms with Gasteiger partial charge >= 0.3 is 0 Å². The van der Waals surface area contributed by atoms with Gasteiger partial charge in [-0.05, 0) is 57.3 Å². The minimum atomic E-state index is -2.80. The lowest BCUT2D eigenvalue weighted by atomic mass is 9.52. The molecule has 5 rings (SSSR count). The fourth-order valence-corrected chi connectivity index (χ4v) is 7.05. The van der Waals surface area contributed by atoms with Crippen molar-refractivity contribution in [3.63, 3.8) is 0 Å². The van der Waals surface area contributed by atoms with E-state index in [1.165, 1.54) is 25.1 Å². The van der Waals surface area contributed by atoms with Gasteiger partial charge in [-0.25, -0.2) is 0 Å². The average molecular weight is 575 g/mol. The van der Waals surface area contributed by atoms with Crippen LogP contribution in [-0.4, -0.2) is 88.4 Å². The van der Waals surface area contributed by atoms with Crippen LogP contribution in [0.5, 0.6) is 5.75 Å². The molecule has 0 aliphatic heterocycles. The molecule has 13 heteroatoms. The van der Waals surface area contributed by atoms with Crippen molar-refractivity contribution in [1.29, 1.82) is 0 Å². The summed E-state index contributed by atoms with van der Waals surface area (Å²) in [7, 11) is 3.04. The van der Waals surface area contributed by atoms with Crippen LogP contribution < -0.4 is 16.4 Å². The number of benzene rings is 1. The van der Waals surface area contributed by atoms with E-state index in [2.05, 4.69) is 10.6 Å². The number of nitrogens with one attached hydrogen (secondary N) is 2. The minimum absolute atomic E-state index is 0.00312. The number of hydrogen-bond acceptors (Lipinski definition) is 10. The number of primary amides is 1. The lowest BCUT2D eigenvalue weighted by molar-refractivity contribution is -0.181. The van der Waals surface area contributed by atoms with E-state index in [9.17, 15) is 39.0 Å². The van der Waals surface area contributed by atoms with Gasteiger partial charge in [-0.15, -0.1) is 0 Å². The molecule has 1 aromatic rings. The smallest absolute Gasteiger partial charge is 0.238 e. The van der Waals surface area contributed by atoms with Crippen molar-refractivity contribution in [1.82, 2.24) is 10.2 Å². The molecule has 12 nitrogen and oxygen atoms in total. The highest BCUT2D eigenvalue weighted by molar-refractivity contribution is 6.35. The molecule has 214 valence electrons. The number of carbonyl (C=O) groups excluding carboxylic acids is 6. The molecule has 4 aliphatic carbocycles. The Labute approximate surface area is 234 Å². The van der Waals surface area contributed by atoms with Gasteiger partial charge in [0.2, 0.25) is 11.8 Å². The Bertz CT molecular complexity index is 1360. The predicted octanol–water partition coefficient (Wildman–Crippen LogP) is -0.399. The summed E-state index contributed by atoms with van der Waals surface area (Å²) in [6, 6.07) is 0.502. The highest BCUT2D eigenvalue weighted by Crippen LogP contribution is 2.52. The number of likely N-dealkylation sites (N-methyl/N-ethyl adjacent to an activating group) is 1. The molecule has 6 N–H and O–H groups in total. The zero-order chi connectivity index (χ0) is 29.3. The zero-order valence-electron chi connectivity index (χ0n) is 22.0. The topological polar surface area (TPSA) is 196 Å². The number of nitrogens with two attached hydrogens (primary N) is 1. The summed E-state index contributed by atoms with van der Waals surface area (Å²) >= 11 is 6.39. The van der Waals surface area contributed by atoms with E-state index in [-0.39, 0.29) is 41.7 Å². The van der Waals surface area contributed by atoms with Gasteiger partial charge in [0.15, 0.2) is 40.4 Å². The fraction of sp³-hybridized carbons (Fsp3) is 0.556. The number of halogens is 1. The number of phenols is 1. The minimum Gasteiger partial charge on any atom is -0.505 e. The third kappa shape index (κ3) is 4.16. The second-order valence-corrected chi connectivity index (χ2v) is 11.9. The molecule has 0 saturated heterocycles. The first-order chi connectivity index (χ1) is 18.8. The summed E-state index contributed by atoms with van der Waals surface area (Å²) in [6.07, 6.45) is 3.02. The number of carbonyl (C=O) groups is 6. The first kappa shape index (κ1) is 28.3. The molecule has 4 aliphatic rings. The van der Waals surface area contributed by atoms with Crippen LogP contribution in [0.25, 0.3) is 0 Å². The lowest BCUT2D eigenvalue weighted by Crippen LogP contribution is -2.74. The monoisotopic (exact) mass is 574 g/mol. The van der Waals surface area contributed by atoms with Gasteiger partial charge in [0.05, 0.1) is 29.1 Å². The quantitative estimate of drug-likeness (QED) is 0.220. The maximum absolute atomic E-state index is 13.9. The standard InChI is InChI=1S/C27H31ClN4O8/c1-32(2)20-13-7-10-6-11-8-14(28)19(31-15(33)9-30-12-4-3-5-12)22(35)16(11)21(34)17(10)24(37)27(13,40)25(38)18(23(20)36)26(29)39/h8,10,12-13,17-18,20,30,35,40H,3-7,9H2,1-2H3,(H2,29,39)(H,31,33)/t10?,13?,17?,18?,20-,27-/m0/s1. The van der Waals surface area contributed by atoms with E-state index in [0.29, 0.717) is 5.56 Å². The lowest BCUT2D eigenvalue weighted by Gasteiger charge is -2.52. The molecule has 1 aromatic carbocycles. The van der Waals surface area contributed by atoms with E-state index in [0.717, 1.165) is 19.3 Å². The van der Waals surface area contributed by atoms with Gasteiger partial charge in [-0.1, -0.05) is 18.0 Å². The number of Topliss-reactive ketones (excluding diaryl/α,β-unsaturated/α-hetero) is 4. The van der Waals surface area contributed by atoms with Crippen LogP contribution in [0.1, 0.15) is 41.6 Å². The summed E-state index contributed by atoms with van der Waals surface area (Å²) in [5.74, 6) is -12.0. The molecule has 3 saturated carbocycles. The van der Waals surface area contributed by atoms with Crippen LogP contribution in [0.2, 0.25) is 5.02 Å². The van der Waals surface area contributed by atoms with Crippen molar-refractivity contribution in [3.8, 4) is 5.75 Å². The normalized spacial score (nSPS) is 31.8. The van der Waals surface area contributed by atoms with Gasteiger partial charge < -0.3 is 26.6 Å². The molecule has 0 bridgehead atoms. The molecule has 0 aromatic heterocycles. The zero-order valence-corrected chi connectivity index (χ0v) is 22.8. The Balaban J connectivity index is 1.50. The molecule has 0 radical (unpaired) electrons. The predicted molar refractivity (Wildman–Crippen MR) is 141 cm³/mol. The summed E-state index contributed by atoms with van der Waals surface area (Å²) in [6.45, 7) is -0.0298. The third-order valence-corrected chi connectivity index (χ3v) is 9.22. The Morgan fingerprint density at radius 2 is 1.85 bits per heavy atom. The summed E-state index contributed by atoms with van der Waals surface area (Å²) in [5.41, 5.74) is 2.43. The van der Waals surface area contributed by atoms with Crippen molar-refractivity contribution in [2.45, 2.75) is 49.8 Å². The molecule has 6 atom stereocenters. The molecule has 3 fully saturated rings. The van der Waals surface area contributed by atoms with E-state index >= 15 is 0 Å². The van der Waals surface area contributed by atoms with Crippen LogP contribution in [0, 0.1) is 23.7 Å². The van der Waals surface area contributed by atoms with Gasteiger partial charge in [0, 0.05) is 12.0 Å². The van der Waals surface area contributed by atoms with Gasteiger partial charge in [0.25, 0.3) is 0 Å². The average Bonchev–Trinajstić information content (AvgIpc) is 2.82. The van der Waals surface area contributed by atoms with Crippen LogP contribution in [-0.2, 0) is 30.4 Å². The summed E-state index contributed by atoms with van der Waals surface area (Å²) in [4.78, 5) is 80.1. The van der Waals surface area contributed by atoms with Gasteiger partial charge in [-0.3, -0.25) is 33.7 Å². The number of hydrogen-bond donors (Lipinski definition) is 5. The highest BCUT2D eigenvalue weighted by atomic mass is 35.5. The maximum atomic E-state index is 13.9. The largest absolute Gasteiger partial charge is 0.505 e. The van der Waals surface area contributed by atoms with Crippen LogP contribution in [0.4, 0.5) is 5.69 Å². The van der Waals surface area contributed by atoms with Crippen LogP contribution >= 0.6 is 11.6 Å². The summed E-state index contributed by atoms with van der Waals surface area (Å²) < 4.78 is 0. The maximum Gasteiger partial charge on any atom is 0.238 e. The van der Waals surface area contributed by atoms with Crippen molar-refractivity contribution in [3.05, 3.63) is 22.2 Å². The SMILES string of the molecule is CN(C)[C@@H]1C(=O)C(C(N)=O)C(=O)[C@@]2(O)C(=O)C3C(=O)c4c(cc(Cl)c(NC(=O)CNC5CCC5)c4O)CC3CC12. The Morgan fingerprint density at radius 1 is 1.18 bits per heavy atom. The fourth-order valence-electron chi connectivity index (χ4n) is 6.78. The Hall–Kier alpha value is -3.19. The van der Waals surface area contributed by atoms with E-state index < -0.39 is 76.0 Å². The van der Waals surface area contributed by atoms with Crippen molar-refractivity contribution in [2.24, 2.45) is 29.4 Å². The molecule has 40 heavy (non-hydrogen) atoms. The molecular formula is C27H31ClN4O8. The number of phenolic OH excluding ortho intramolecular Hbond substituents is 1. The number of aromatic hydroxyl groups is 1. The van der Waals surface area contributed by atoms with Gasteiger partial charge in [-0.2, -0.15) is 0 Å². The number of ketones is 4. The van der Waals surface area contributed by atoms with Crippen LogP contribution in [0.3, 0.4) is 0 Å². The second kappa shape index (κ2) is 10.0. The number of anilines is 1. The van der Waals surface area contributed by atoms with Crippen molar-refractivity contribution < 1.29 is 39.0 Å². The van der Waals surface area contributed by atoms with Crippen molar-refractivity contribution >= 4 is 52.2 Å². The number of aliphatic hydroxyl groups is 1. The number of amides is 2. The van der Waals surface area contributed by atoms with Crippen LogP contribution in [0.15, 0.2) is 6.07 Å². The number of rotatable bonds is 6. The molecule has 2 amide bonds. The molecule has 0 heterocycles. The van der Waals surface area contributed by atoms with Crippen molar-refractivity contribution in [2.75, 3.05) is 26.0 Å². The third-order valence-electron chi connectivity index (χ3n) is 8.93. The number of nitrogens with zero attached hydrogens (tertiary/aromatic N) is 1. The Morgan fingerprint density at radius 3 is 2.42 bits per heavy atom. The Kier molecular flexibility index (Phi) is 7.10. The van der Waals surface area contributed by atoms with E-state index in [4.69, 9.17) is 17.3 Å². The van der Waals surface area contributed by atoms with E-state index in [1.807, 2.05) is 0 Å².